The van der Waals surface area contributed by atoms with Crippen LogP contribution in [0, 0.1) is 5.92 Å². The van der Waals surface area contributed by atoms with Crippen molar-refractivity contribution < 1.29 is 4.74 Å². The second-order valence-electron chi connectivity index (χ2n) is 4.79. The van der Waals surface area contributed by atoms with Crippen LogP contribution in [0.2, 0.25) is 0 Å². The third-order valence-electron chi connectivity index (χ3n) is 3.07. The average Bonchev–Trinajstić information content (AvgIpc) is 2.26. The monoisotopic (exact) mass is 219 g/mol. The van der Waals surface area contributed by atoms with Gasteiger partial charge in [0.05, 0.1) is 6.61 Å². The first-order chi connectivity index (χ1) is 7.78. The Morgan fingerprint density at radius 1 is 1.25 bits per heavy atom. The van der Waals surface area contributed by atoms with Gasteiger partial charge in [-0.15, -0.1) is 0 Å². The van der Waals surface area contributed by atoms with Gasteiger partial charge >= 0.3 is 0 Å². The van der Waals surface area contributed by atoms with E-state index in [1.807, 2.05) is 12.1 Å². The van der Waals surface area contributed by atoms with Gasteiger partial charge in [0.1, 0.15) is 5.75 Å². The lowest BCUT2D eigenvalue weighted by Gasteiger charge is -2.34. The lowest BCUT2D eigenvalue weighted by molar-refractivity contribution is 0.308. The molecule has 0 aromatic heterocycles. The van der Waals surface area contributed by atoms with E-state index in [2.05, 4.69) is 31.3 Å². The molecule has 0 radical (unpaired) electrons. The van der Waals surface area contributed by atoms with Gasteiger partial charge < -0.3 is 10.1 Å². The molecule has 88 valence electrons. The van der Waals surface area contributed by atoms with Crippen LogP contribution >= 0.6 is 0 Å². The van der Waals surface area contributed by atoms with Gasteiger partial charge in [0.2, 0.25) is 0 Å². The third kappa shape index (κ3) is 2.91. The predicted molar refractivity (Wildman–Crippen MR) is 68.0 cm³/mol. The van der Waals surface area contributed by atoms with E-state index in [9.17, 15) is 0 Å². The molecule has 1 aromatic carbocycles. The summed E-state index contributed by atoms with van der Waals surface area (Å²) in [6.45, 7) is 5.22. The first-order valence-corrected chi connectivity index (χ1v) is 6.27. The Kier molecular flexibility index (Phi) is 3.70. The van der Waals surface area contributed by atoms with Crippen molar-refractivity contribution in [1.82, 2.24) is 0 Å². The number of hydrogen-bond donors (Lipinski definition) is 1. The number of hydrogen-bond acceptors (Lipinski definition) is 2. The van der Waals surface area contributed by atoms with Crippen LogP contribution in [-0.2, 0) is 0 Å². The number of ether oxygens (including phenoxy) is 1. The summed E-state index contributed by atoms with van der Waals surface area (Å²) in [5.74, 6) is 1.86. The molecule has 1 N–H and O–H groups in total. The minimum Gasteiger partial charge on any atom is -0.494 e. The van der Waals surface area contributed by atoms with Crippen LogP contribution in [-0.4, -0.2) is 12.6 Å². The van der Waals surface area contributed by atoms with Crippen molar-refractivity contribution in [2.75, 3.05) is 11.9 Å². The van der Waals surface area contributed by atoms with Crippen molar-refractivity contribution in [1.29, 1.82) is 0 Å². The molecule has 1 fully saturated rings. The van der Waals surface area contributed by atoms with Crippen molar-refractivity contribution in [2.45, 2.75) is 39.2 Å². The Labute approximate surface area is 98.0 Å². The van der Waals surface area contributed by atoms with Crippen LogP contribution in [0.15, 0.2) is 24.3 Å². The Balaban J connectivity index is 1.82. The van der Waals surface area contributed by atoms with Crippen molar-refractivity contribution in [3.63, 3.8) is 0 Å². The largest absolute Gasteiger partial charge is 0.494 e. The molecule has 0 atom stereocenters. The molecule has 1 aliphatic rings. The molecule has 0 unspecified atom stereocenters. The number of nitrogens with one attached hydrogen (secondary N) is 1. The van der Waals surface area contributed by atoms with E-state index < -0.39 is 0 Å². The third-order valence-corrected chi connectivity index (χ3v) is 3.07. The Bertz CT molecular complexity index is 314. The fraction of sp³-hybridized carbons (Fsp3) is 0.571. The zero-order valence-electron chi connectivity index (χ0n) is 10.2. The lowest BCUT2D eigenvalue weighted by atomic mass is 9.82. The maximum Gasteiger partial charge on any atom is 0.119 e. The molecular weight excluding hydrogens is 198 g/mol. The smallest absolute Gasteiger partial charge is 0.119 e. The van der Waals surface area contributed by atoms with E-state index in [-0.39, 0.29) is 0 Å². The topological polar surface area (TPSA) is 21.3 Å². The fourth-order valence-corrected chi connectivity index (χ4v) is 2.12. The first kappa shape index (κ1) is 11.3. The van der Waals surface area contributed by atoms with Crippen molar-refractivity contribution >= 4 is 5.69 Å². The van der Waals surface area contributed by atoms with Crippen molar-refractivity contribution in [3.8, 4) is 5.75 Å². The van der Waals surface area contributed by atoms with E-state index in [4.69, 9.17) is 4.74 Å². The van der Waals surface area contributed by atoms with Gasteiger partial charge in [0.15, 0.2) is 0 Å². The van der Waals surface area contributed by atoms with E-state index in [0.29, 0.717) is 6.04 Å². The molecule has 0 amide bonds. The summed E-state index contributed by atoms with van der Waals surface area (Å²) < 4.78 is 5.54. The van der Waals surface area contributed by atoms with Gasteiger partial charge in [-0.1, -0.05) is 13.8 Å². The van der Waals surface area contributed by atoms with Crippen LogP contribution in [0.5, 0.6) is 5.75 Å². The molecule has 1 aromatic rings. The molecule has 0 aliphatic heterocycles. The fourth-order valence-electron chi connectivity index (χ4n) is 2.12. The van der Waals surface area contributed by atoms with Crippen LogP contribution in [0.25, 0.3) is 0 Å². The highest BCUT2D eigenvalue weighted by molar-refractivity contribution is 5.47. The zero-order chi connectivity index (χ0) is 11.4. The highest BCUT2D eigenvalue weighted by atomic mass is 16.5. The van der Waals surface area contributed by atoms with Gasteiger partial charge in [-0.3, -0.25) is 0 Å². The summed E-state index contributed by atoms with van der Waals surface area (Å²) >= 11 is 0. The van der Waals surface area contributed by atoms with Gasteiger partial charge in [-0.2, -0.15) is 0 Å². The predicted octanol–water partition coefficient (Wildman–Crippen LogP) is 3.69. The van der Waals surface area contributed by atoms with Crippen LogP contribution < -0.4 is 10.1 Å². The van der Waals surface area contributed by atoms with Crippen LogP contribution in [0.3, 0.4) is 0 Å². The summed E-state index contributed by atoms with van der Waals surface area (Å²) in [6.07, 6.45) is 3.65. The normalized spacial score (nSPS) is 23.6. The summed E-state index contributed by atoms with van der Waals surface area (Å²) in [5.41, 5.74) is 1.21. The highest BCUT2D eigenvalue weighted by Gasteiger charge is 2.24. The molecule has 2 heteroatoms. The molecule has 2 nitrogen and oxygen atoms in total. The number of rotatable bonds is 5. The molecule has 1 saturated carbocycles. The summed E-state index contributed by atoms with van der Waals surface area (Å²) in [7, 11) is 0. The van der Waals surface area contributed by atoms with E-state index in [1.165, 1.54) is 18.5 Å². The van der Waals surface area contributed by atoms with E-state index in [0.717, 1.165) is 24.7 Å². The van der Waals surface area contributed by atoms with Gasteiger partial charge in [-0.25, -0.2) is 0 Å². The Morgan fingerprint density at radius 3 is 2.50 bits per heavy atom. The number of anilines is 1. The van der Waals surface area contributed by atoms with E-state index in [1.54, 1.807) is 0 Å². The highest BCUT2D eigenvalue weighted by Crippen LogP contribution is 2.29. The lowest BCUT2D eigenvalue weighted by Crippen LogP contribution is -2.33. The minimum absolute atomic E-state index is 0.678. The molecule has 0 spiro atoms. The van der Waals surface area contributed by atoms with Gasteiger partial charge in [-0.05, 0) is 49.4 Å². The zero-order valence-corrected chi connectivity index (χ0v) is 10.2. The number of benzene rings is 1. The molecule has 2 rings (SSSR count). The summed E-state index contributed by atoms with van der Waals surface area (Å²) in [5, 5.41) is 3.54. The second kappa shape index (κ2) is 5.24. The van der Waals surface area contributed by atoms with E-state index >= 15 is 0 Å². The standard InChI is InChI=1S/C14H21NO/c1-3-8-16-14-6-4-12(5-7-14)15-13-9-11(2)10-13/h4-7,11,13,15H,3,8-10H2,1-2H3. The average molecular weight is 219 g/mol. The van der Waals surface area contributed by atoms with Crippen LogP contribution in [0.1, 0.15) is 33.1 Å². The summed E-state index contributed by atoms with van der Waals surface area (Å²) in [6, 6.07) is 8.97. The Morgan fingerprint density at radius 2 is 1.94 bits per heavy atom. The van der Waals surface area contributed by atoms with Crippen molar-refractivity contribution in [3.05, 3.63) is 24.3 Å². The summed E-state index contributed by atoms with van der Waals surface area (Å²) in [4.78, 5) is 0. The Hall–Kier alpha value is -1.18. The molecule has 1 aliphatic carbocycles. The SMILES string of the molecule is CCCOc1ccc(NC2CC(C)C2)cc1. The first-order valence-electron chi connectivity index (χ1n) is 6.27. The molecule has 16 heavy (non-hydrogen) atoms. The van der Waals surface area contributed by atoms with Gasteiger partial charge in [0.25, 0.3) is 0 Å². The molecule has 0 saturated heterocycles. The second-order valence-corrected chi connectivity index (χ2v) is 4.79. The van der Waals surface area contributed by atoms with Crippen molar-refractivity contribution in [2.24, 2.45) is 5.92 Å². The maximum absolute atomic E-state index is 5.54. The van der Waals surface area contributed by atoms with Crippen LogP contribution in [0.4, 0.5) is 5.69 Å². The molecular formula is C14H21NO. The molecule has 0 bridgehead atoms. The molecule has 0 heterocycles. The minimum atomic E-state index is 0.678. The maximum atomic E-state index is 5.54. The quantitative estimate of drug-likeness (QED) is 0.815. The van der Waals surface area contributed by atoms with Gasteiger partial charge in [0, 0.05) is 11.7 Å².